The normalized spacial score (nSPS) is 16.0. The summed E-state index contributed by atoms with van der Waals surface area (Å²) in [5.41, 5.74) is 1.47. The molecule has 1 aliphatic rings. The fourth-order valence-corrected chi connectivity index (χ4v) is 2.72. The van der Waals surface area contributed by atoms with Gasteiger partial charge in [-0.25, -0.2) is 0 Å². The van der Waals surface area contributed by atoms with E-state index in [1.165, 1.54) is 5.56 Å². The number of carbonyl (C=O) groups is 1. The average molecular weight is 275 g/mol. The molecule has 1 fully saturated rings. The highest BCUT2D eigenvalue weighted by Gasteiger charge is 2.44. The molecule has 0 heterocycles. The van der Waals surface area contributed by atoms with Crippen molar-refractivity contribution in [1.82, 2.24) is 5.32 Å². The molecule has 2 rings (SSSR count). The molecule has 1 aromatic rings. The van der Waals surface area contributed by atoms with E-state index in [-0.39, 0.29) is 17.2 Å². The number of carbonyl (C=O) groups excluding carboxylic acids is 1. The molecule has 1 aromatic carbocycles. The van der Waals surface area contributed by atoms with Crippen LogP contribution in [-0.2, 0) is 10.2 Å². The summed E-state index contributed by atoms with van der Waals surface area (Å²) >= 11 is 0. The third-order valence-electron chi connectivity index (χ3n) is 4.51. The van der Waals surface area contributed by atoms with Crippen molar-refractivity contribution in [3.63, 3.8) is 0 Å². The molecule has 0 bridgehead atoms. The van der Waals surface area contributed by atoms with Crippen LogP contribution in [-0.4, -0.2) is 19.6 Å². The summed E-state index contributed by atoms with van der Waals surface area (Å²) in [6.45, 7) is 4.91. The van der Waals surface area contributed by atoms with E-state index >= 15 is 0 Å². The quantitative estimate of drug-likeness (QED) is 0.829. The molecule has 0 aromatic heterocycles. The van der Waals surface area contributed by atoms with E-state index in [1.54, 1.807) is 7.11 Å². The second kappa shape index (κ2) is 6.29. The first-order chi connectivity index (χ1) is 9.65. The molecule has 1 N–H and O–H groups in total. The largest absolute Gasteiger partial charge is 0.497 e. The Hall–Kier alpha value is -1.51. The number of benzene rings is 1. The summed E-state index contributed by atoms with van der Waals surface area (Å²) in [7, 11) is 1.68. The van der Waals surface area contributed by atoms with Crippen LogP contribution in [0.5, 0.6) is 5.75 Å². The van der Waals surface area contributed by atoms with Gasteiger partial charge in [-0.15, -0.1) is 0 Å². The van der Waals surface area contributed by atoms with Gasteiger partial charge >= 0.3 is 0 Å². The van der Waals surface area contributed by atoms with E-state index in [0.29, 0.717) is 0 Å². The Kier molecular flexibility index (Phi) is 4.69. The SMILES string of the molecule is CCC(CC)C(=O)NCC1(c2ccc(OC)cc2)CC1. The van der Waals surface area contributed by atoms with Gasteiger partial charge in [-0.05, 0) is 43.4 Å². The average Bonchev–Trinajstić information content (AvgIpc) is 3.28. The van der Waals surface area contributed by atoms with Crippen LogP contribution in [0, 0.1) is 5.92 Å². The number of hydrogen-bond donors (Lipinski definition) is 1. The van der Waals surface area contributed by atoms with E-state index in [0.717, 1.165) is 38.0 Å². The summed E-state index contributed by atoms with van der Waals surface area (Å²) in [5.74, 6) is 1.24. The maximum atomic E-state index is 12.1. The lowest BCUT2D eigenvalue weighted by atomic mass is 9.95. The topological polar surface area (TPSA) is 38.3 Å². The van der Waals surface area contributed by atoms with Crippen LogP contribution in [0.2, 0.25) is 0 Å². The van der Waals surface area contributed by atoms with Gasteiger partial charge in [0.2, 0.25) is 5.91 Å². The number of rotatable bonds is 7. The van der Waals surface area contributed by atoms with Crippen LogP contribution < -0.4 is 10.1 Å². The number of amides is 1. The van der Waals surface area contributed by atoms with E-state index in [9.17, 15) is 4.79 Å². The van der Waals surface area contributed by atoms with Gasteiger partial charge in [0.05, 0.1) is 7.11 Å². The fraction of sp³-hybridized carbons (Fsp3) is 0.588. The molecule has 1 aliphatic carbocycles. The molecule has 1 amide bonds. The number of ether oxygens (including phenoxy) is 1. The second-order valence-corrected chi connectivity index (χ2v) is 5.74. The first kappa shape index (κ1) is 14.9. The number of hydrogen-bond acceptors (Lipinski definition) is 2. The maximum Gasteiger partial charge on any atom is 0.223 e. The molecule has 3 heteroatoms. The van der Waals surface area contributed by atoms with Crippen molar-refractivity contribution in [2.45, 2.75) is 44.9 Å². The van der Waals surface area contributed by atoms with Crippen LogP contribution in [0.25, 0.3) is 0 Å². The number of methoxy groups -OCH3 is 1. The predicted molar refractivity (Wildman–Crippen MR) is 81.0 cm³/mol. The zero-order valence-corrected chi connectivity index (χ0v) is 12.7. The molecule has 0 aliphatic heterocycles. The van der Waals surface area contributed by atoms with Gasteiger partial charge in [-0.3, -0.25) is 4.79 Å². The standard InChI is InChI=1S/C17H25NO2/c1-4-13(5-2)16(19)18-12-17(10-11-17)14-6-8-15(20-3)9-7-14/h6-9,13H,4-5,10-12H2,1-3H3,(H,18,19). The zero-order valence-electron chi connectivity index (χ0n) is 12.7. The van der Waals surface area contributed by atoms with Crippen LogP contribution in [0.3, 0.4) is 0 Å². The highest BCUT2D eigenvalue weighted by atomic mass is 16.5. The summed E-state index contributed by atoms with van der Waals surface area (Å²) in [6, 6.07) is 8.24. The Labute approximate surface area is 121 Å². The molecule has 0 spiro atoms. The van der Waals surface area contributed by atoms with Crippen LogP contribution in [0.1, 0.15) is 45.1 Å². The third kappa shape index (κ3) is 3.14. The van der Waals surface area contributed by atoms with Gasteiger partial charge < -0.3 is 10.1 Å². The summed E-state index contributed by atoms with van der Waals surface area (Å²) in [5, 5.41) is 3.14. The smallest absolute Gasteiger partial charge is 0.223 e. The van der Waals surface area contributed by atoms with Crippen LogP contribution >= 0.6 is 0 Å². The first-order valence-electron chi connectivity index (χ1n) is 7.57. The van der Waals surface area contributed by atoms with Gasteiger partial charge in [-0.2, -0.15) is 0 Å². The summed E-state index contributed by atoms with van der Waals surface area (Å²) in [6.07, 6.45) is 4.14. The minimum Gasteiger partial charge on any atom is -0.497 e. The van der Waals surface area contributed by atoms with E-state index < -0.39 is 0 Å². The third-order valence-corrected chi connectivity index (χ3v) is 4.51. The van der Waals surface area contributed by atoms with E-state index in [1.807, 2.05) is 12.1 Å². The van der Waals surface area contributed by atoms with Gasteiger partial charge in [0.1, 0.15) is 5.75 Å². The lowest BCUT2D eigenvalue weighted by Gasteiger charge is -2.19. The van der Waals surface area contributed by atoms with Crippen LogP contribution in [0.4, 0.5) is 0 Å². The lowest BCUT2D eigenvalue weighted by Crippen LogP contribution is -2.36. The molecule has 110 valence electrons. The van der Waals surface area contributed by atoms with E-state index in [4.69, 9.17) is 4.74 Å². The molecule has 0 radical (unpaired) electrons. The minimum absolute atomic E-state index is 0.154. The maximum absolute atomic E-state index is 12.1. The van der Waals surface area contributed by atoms with Crippen molar-refractivity contribution in [3.05, 3.63) is 29.8 Å². The lowest BCUT2D eigenvalue weighted by molar-refractivity contribution is -0.125. The van der Waals surface area contributed by atoms with Gasteiger partial charge in [0, 0.05) is 17.9 Å². The number of nitrogens with one attached hydrogen (secondary N) is 1. The summed E-state index contributed by atoms with van der Waals surface area (Å²) < 4.78 is 5.19. The summed E-state index contributed by atoms with van der Waals surface area (Å²) in [4.78, 5) is 12.1. The molecule has 0 atom stereocenters. The molecule has 0 saturated heterocycles. The monoisotopic (exact) mass is 275 g/mol. The Balaban J connectivity index is 1.96. The van der Waals surface area contributed by atoms with Gasteiger partial charge in [0.25, 0.3) is 0 Å². The Morgan fingerprint density at radius 2 is 1.85 bits per heavy atom. The fourth-order valence-electron chi connectivity index (χ4n) is 2.72. The molecular formula is C17H25NO2. The Morgan fingerprint density at radius 1 is 1.25 bits per heavy atom. The minimum atomic E-state index is 0.154. The van der Waals surface area contributed by atoms with E-state index in [2.05, 4.69) is 31.3 Å². The first-order valence-corrected chi connectivity index (χ1v) is 7.57. The molecule has 0 unspecified atom stereocenters. The predicted octanol–water partition coefficient (Wildman–Crippen LogP) is 3.28. The Morgan fingerprint density at radius 3 is 2.30 bits per heavy atom. The van der Waals surface area contributed by atoms with Crippen molar-refractivity contribution in [2.75, 3.05) is 13.7 Å². The van der Waals surface area contributed by atoms with Crippen LogP contribution in [0.15, 0.2) is 24.3 Å². The van der Waals surface area contributed by atoms with Gasteiger partial charge in [0.15, 0.2) is 0 Å². The Bertz CT molecular complexity index is 445. The van der Waals surface area contributed by atoms with Crippen molar-refractivity contribution >= 4 is 5.91 Å². The van der Waals surface area contributed by atoms with Crippen molar-refractivity contribution < 1.29 is 9.53 Å². The van der Waals surface area contributed by atoms with Gasteiger partial charge in [-0.1, -0.05) is 26.0 Å². The molecule has 1 saturated carbocycles. The van der Waals surface area contributed by atoms with Crippen molar-refractivity contribution in [3.8, 4) is 5.75 Å². The molecule has 3 nitrogen and oxygen atoms in total. The van der Waals surface area contributed by atoms with Crippen molar-refractivity contribution in [2.24, 2.45) is 5.92 Å². The molecular weight excluding hydrogens is 250 g/mol. The van der Waals surface area contributed by atoms with Crippen molar-refractivity contribution in [1.29, 1.82) is 0 Å². The second-order valence-electron chi connectivity index (χ2n) is 5.74. The molecule has 20 heavy (non-hydrogen) atoms. The highest BCUT2D eigenvalue weighted by Crippen LogP contribution is 2.47. The zero-order chi connectivity index (χ0) is 14.6. The highest BCUT2D eigenvalue weighted by molar-refractivity contribution is 5.78.